The molecule has 1 heterocycles. The summed E-state index contributed by atoms with van der Waals surface area (Å²) in [5.41, 5.74) is 1.22. The molecule has 0 radical (unpaired) electrons. The molecule has 8 heteroatoms. The van der Waals surface area contributed by atoms with Crippen molar-refractivity contribution in [2.75, 3.05) is 14.2 Å². The van der Waals surface area contributed by atoms with E-state index in [0.29, 0.717) is 18.4 Å². The highest BCUT2D eigenvalue weighted by atomic mass is 16.5. The molecule has 0 saturated heterocycles. The van der Waals surface area contributed by atoms with E-state index in [1.165, 1.54) is 19.2 Å². The Morgan fingerprint density at radius 1 is 1.20 bits per heavy atom. The molecule has 190 valence electrons. The molecular weight excluding hydrogens is 452 g/mol. The van der Waals surface area contributed by atoms with Crippen LogP contribution in [0.3, 0.4) is 0 Å². The number of aliphatic hydroxyl groups excluding tert-OH is 1. The van der Waals surface area contributed by atoms with Gasteiger partial charge in [0.15, 0.2) is 17.3 Å². The minimum Gasteiger partial charge on any atom is -0.507 e. The fraction of sp³-hybridized carbons (Fsp3) is 0.444. The maximum atomic E-state index is 13.0. The lowest BCUT2D eigenvalue weighted by Crippen LogP contribution is -2.37. The van der Waals surface area contributed by atoms with Gasteiger partial charge in [0.2, 0.25) is 0 Å². The lowest BCUT2D eigenvalue weighted by molar-refractivity contribution is -0.0797. The number of aliphatic hydroxyl groups is 1. The summed E-state index contributed by atoms with van der Waals surface area (Å²) < 4.78 is 16.4. The predicted molar refractivity (Wildman–Crippen MR) is 131 cm³/mol. The number of rotatable bonds is 9. The Labute approximate surface area is 205 Å². The van der Waals surface area contributed by atoms with E-state index < -0.39 is 17.8 Å². The van der Waals surface area contributed by atoms with Crippen molar-refractivity contribution in [1.29, 1.82) is 0 Å². The van der Waals surface area contributed by atoms with Gasteiger partial charge in [0.05, 0.1) is 25.2 Å². The van der Waals surface area contributed by atoms with E-state index in [2.05, 4.69) is 0 Å². The van der Waals surface area contributed by atoms with Crippen LogP contribution in [0.15, 0.2) is 35.9 Å². The van der Waals surface area contributed by atoms with Gasteiger partial charge in [0, 0.05) is 18.7 Å². The zero-order chi connectivity index (χ0) is 25.9. The topological polar surface area (TPSA) is 126 Å². The lowest BCUT2D eigenvalue weighted by atomic mass is 9.92. The summed E-state index contributed by atoms with van der Waals surface area (Å²) in [7, 11) is 2.99. The van der Waals surface area contributed by atoms with Crippen LogP contribution in [0.25, 0.3) is 0 Å². The zero-order valence-corrected chi connectivity index (χ0v) is 20.8. The Balaban J connectivity index is 1.78. The van der Waals surface area contributed by atoms with Crippen molar-refractivity contribution < 1.29 is 39.4 Å². The number of hydrogen-bond donors (Lipinski definition) is 4. The number of carbonyl (C=O) groups excluding carboxylic acids is 1. The normalized spacial score (nSPS) is 17.0. The number of benzene rings is 2. The quantitative estimate of drug-likeness (QED) is 0.380. The van der Waals surface area contributed by atoms with E-state index in [1.54, 1.807) is 19.2 Å². The molecule has 0 aliphatic carbocycles. The van der Waals surface area contributed by atoms with Crippen LogP contribution in [-0.4, -0.2) is 52.1 Å². The Morgan fingerprint density at radius 3 is 2.57 bits per heavy atom. The van der Waals surface area contributed by atoms with Crippen molar-refractivity contribution in [3.05, 3.63) is 52.6 Å². The third-order valence-corrected chi connectivity index (χ3v) is 6.64. The fourth-order valence-electron chi connectivity index (χ4n) is 4.01. The Bertz CT molecular complexity index is 1120. The average molecular weight is 487 g/mol. The van der Waals surface area contributed by atoms with Crippen LogP contribution in [0.1, 0.15) is 67.6 Å². The second-order valence-corrected chi connectivity index (χ2v) is 9.38. The third-order valence-electron chi connectivity index (χ3n) is 6.64. The summed E-state index contributed by atoms with van der Waals surface area (Å²) in [4.78, 5) is 13.0. The Hall–Kier alpha value is -3.23. The number of allylic oxidation sites excluding steroid dienone is 2. The second-order valence-electron chi connectivity index (χ2n) is 9.38. The van der Waals surface area contributed by atoms with Gasteiger partial charge in [-0.3, -0.25) is 4.79 Å². The molecule has 1 aliphatic heterocycles. The maximum Gasteiger partial charge on any atom is 0.174 e. The molecule has 2 aromatic carbocycles. The molecule has 0 amide bonds. The standard InChI is InChI=1S/C27H34O8/c1-15(7-11-24(31)27(2,3)34-5)6-9-17-19(29)13-23-25(26(17)32)20(30)14-21(35-23)16-8-10-18(28)22(12-16)33-4/h6,8,10,12-13,21,24,28-29,31-32H,7,9,11,14H2,1-5H3/b15-6+/t21-,24?/m0/s1. The summed E-state index contributed by atoms with van der Waals surface area (Å²) in [6, 6.07) is 6.03. The third kappa shape index (κ3) is 5.71. The van der Waals surface area contributed by atoms with Gasteiger partial charge in [-0.25, -0.2) is 0 Å². The van der Waals surface area contributed by atoms with Crippen LogP contribution in [0, 0.1) is 0 Å². The zero-order valence-electron chi connectivity index (χ0n) is 20.8. The molecule has 0 saturated carbocycles. The number of phenolic OH excluding ortho intramolecular Hbond substituents is 3. The van der Waals surface area contributed by atoms with Crippen molar-refractivity contribution in [2.24, 2.45) is 0 Å². The number of carbonyl (C=O) groups is 1. The minimum absolute atomic E-state index is 0.0131. The van der Waals surface area contributed by atoms with Gasteiger partial charge in [-0.05, 0) is 57.7 Å². The predicted octanol–water partition coefficient (Wildman–Crippen LogP) is 4.57. The van der Waals surface area contributed by atoms with Crippen molar-refractivity contribution in [2.45, 2.75) is 64.3 Å². The summed E-state index contributed by atoms with van der Waals surface area (Å²) >= 11 is 0. The molecule has 0 spiro atoms. The number of fused-ring (bicyclic) bond motifs is 1. The maximum absolute atomic E-state index is 13.0. The smallest absolute Gasteiger partial charge is 0.174 e. The largest absolute Gasteiger partial charge is 0.507 e. The van der Waals surface area contributed by atoms with Gasteiger partial charge in [-0.15, -0.1) is 0 Å². The van der Waals surface area contributed by atoms with Crippen molar-refractivity contribution >= 4 is 5.78 Å². The van der Waals surface area contributed by atoms with Crippen LogP contribution >= 0.6 is 0 Å². The molecule has 1 aliphatic rings. The Kier molecular flexibility index (Phi) is 7.97. The molecule has 3 rings (SSSR count). The number of ketones is 1. The van der Waals surface area contributed by atoms with Crippen molar-refractivity contribution in [3.8, 4) is 28.7 Å². The minimum atomic E-state index is -0.654. The highest BCUT2D eigenvalue weighted by Crippen LogP contribution is 2.45. The lowest BCUT2D eigenvalue weighted by Gasteiger charge is -2.29. The van der Waals surface area contributed by atoms with E-state index in [9.17, 15) is 25.2 Å². The first-order valence-corrected chi connectivity index (χ1v) is 11.5. The number of ether oxygens (including phenoxy) is 3. The first-order valence-electron chi connectivity index (χ1n) is 11.5. The number of hydrogen-bond acceptors (Lipinski definition) is 8. The molecule has 0 bridgehead atoms. The highest BCUT2D eigenvalue weighted by Gasteiger charge is 2.33. The van der Waals surface area contributed by atoms with Crippen LogP contribution < -0.4 is 9.47 Å². The van der Waals surface area contributed by atoms with Gasteiger partial charge in [-0.2, -0.15) is 0 Å². The SMILES string of the molecule is COc1cc([C@@H]2CC(=O)c3c(cc(O)c(C/C=C(\C)CCC(O)C(C)(C)OC)c3O)O2)ccc1O. The van der Waals surface area contributed by atoms with E-state index in [0.717, 1.165) is 5.57 Å². The molecule has 8 nitrogen and oxygen atoms in total. The van der Waals surface area contributed by atoms with Crippen LogP contribution in [0.4, 0.5) is 0 Å². The van der Waals surface area contributed by atoms with Crippen molar-refractivity contribution in [3.63, 3.8) is 0 Å². The molecule has 4 N–H and O–H groups in total. The number of aromatic hydroxyl groups is 3. The van der Waals surface area contributed by atoms with Crippen LogP contribution in [0.2, 0.25) is 0 Å². The first kappa shape index (κ1) is 26.4. The molecule has 1 unspecified atom stereocenters. The fourth-order valence-corrected chi connectivity index (χ4v) is 4.01. The van der Waals surface area contributed by atoms with Gasteiger partial charge >= 0.3 is 0 Å². The average Bonchev–Trinajstić information content (AvgIpc) is 2.81. The van der Waals surface area contributed by atoms with Gasteiger partial charge in [0.1, 0.15) is 28.9 Å². The van der Waals surface area contributed by atoms with Gasteiger partial charge in [0.25, 0.3) is 0 Å². The molecule has 2 aromatic rings. The molecule has 0 aromatic heterocycles. The molecule has 2 atom stereocenters. The molecule has 0 fully saturated rings. The van der Waals surface area contributed by atoms with E-state index >= 15 is 0 Å². The number of methoxy groups -OCH3 is 2. The summed E-state index contributed by atoms with van der Waals surface area (Å²) in [6.45, 7) is 5.55. The second kappa shape index (κ2) is 10.6. The van der Waals surface area contributed by atoms with Gasteiger partial charge < -0.3 is 34.6 Å². The summed E-state index contributed by atoms with van der Waals surface area (Å²) in [5.74, 6) is -0.459. The van der Waals surface area contributed by atoms with E-state index in [-0.39, 0.29) is 58.5 Å². The first-order chi connectivity index (χ1) is 16.5. The van der Waals surface area contributed by atoms with Gasteiger partial charge in [-0.1, -0.05) is 17.7 Å². The van der Waals surface area contributed by atoms with Crippen molar-refractivity contribution in [1.82, 2.24) is 0 Å². The molecular formula is C27H34O8. The number of Topliss-reactive ketones (excluding diaryl/α,β-unsaturated/α-hetero) is 1. The van der Waals surface area contributed by atoms with Crippen LogP contribution in [-0.2, 0) is 11.2 Å². The van der Waals surface area contributed by atoms with E-state index in [1.807, 2.05) is 26.8 Å². The summed E-state index contributed by atoms with van der Waals surface area (Å²) in [5, 5.41) is 41.5. The summed E-state index contributed by atoms with van der Waals surface area (Å²) in [6.07, 6.45) is 1.87. The molecule has 35 heavy (non-hydrogen) atoms. The monoisotopic (exact) mass is 486 g/mol. The number of phenols is 3. The highest BCUT2D eigenvalue weighted by molar-refractivity contribution is 6.03. The Morgan fingerprint density at radius 2 is 1.91 bits per heavy atom. The van der Waals surface area contributed by atoms with Crippen LogP contribution in [0.5, 0.6) is 28.7 Å². The van der Waals surface area contributed by atoms with E-state index in [4.69, 9.17) is 14.2 Å².